The Hall–Kier alpha value is -2.25. The van der Waals surface area contributed by atoms with Crippen LogP contribution in [0.25, 0.3) is 0 Å². The van der Waals surface area contributed by atoms with Crippen LogP contribution in [0.5, 0.6) is 0 Å². The third-order valence-electron chi connectivity index (χ3n) is 8.47. The summed E-state index contributed by atoms with van der Waals surface area (Å²) < 4.78 is 58.1. The van der Waals surface area contributed by atoms with Crippen LogP contribution in [0.4, 0.5) is 0 Å². The summed E-state index contributed by atoms with van der Waals surface area (Å²) in [6, 6.07) is 0. The molecule has 0 heterocycles. The van der Waals surface area contributed by atoms with Crippen molar-refractivity contribution in [3.8, 4) is 0 Å². The Morgan fingerprint density at radius 3 is 1.63 bits per heavy atom. The average Bonchev–Trinajstić information content (AvgIpc) is 3.46. The predicted octanol–water partition coefficient (Wildman–Crippen LogP) is 2.58. The molecule has 2 amide bonds. The van der Waals surface area contributed by atoms with Gasteiger partial charge in [-0.25, -0.2) is 16.8 Å². The highest BCUT2D eigenvalue weighted by atomic mass is 32.2. The van der Waals surface area contributed by atoms with Gasteiger partial charge in [0.25, 0.3) is 5.91 Å². The quantitative estimate of drug-likeness (QED) is 0.246. The van der Waals surface area contributed by atoms with Crippen molar-refractivity contribution < 1.29 is 36.0 Å². The van der Waals surface area contributed by atoms with Crippen molar-refractivity contribution in [3.05, 3.63) is 25.3 Å². The van der Waals surface area contributed by atoms with E-state index in [1.165, 1.54) is 0 Å². The number of sulfonamides is 2. The fourth-order valence-corrected chi connectivity index (χ4v) is 8.85. The summed E-state index contributed by atoms with van der Waals surface area (Å²) in [5, 5.41) is -0.947. The van der Waals surface area contributed by atoms with Crippen LogP contribution in [0.15, 0.2) is 25.3 Å². The normalized spacial score (nSPS) is 30.0. The first-order valence-electron chi connectivity index (χ1n) is 14.3. The lowest BCUT2D eigenvalue weighted by molar-refractivity contribution is -0.158. The molecule has 41 heavy (non-hydrogen) atoms. The molecule has 4 fully saturated rings. The molecule has 4 N–H and O–H groups in total. The minimum absolute atomic E-state index is 0.110. The van der Waals surface area contributed by atoms with Gasteiger partial charge in [0.2, 0.25) is 26.0 Å². The van der Waals surface area contributed by atoms with Crippen LogP contribution < -0.4 is 15.2 Å². The number of hydrogen-bond acceptors (Lipinski definition) is 9. The molecule has 13 heteroatoms. The van der Waals surface area contributed by atoms with Crippen molar-refractivity contribution in [2.75, 3.05) is 0 Å². The molecule has 4 atom stereocenters. The van der Waals surface area contributed by atoms with E-state index >= 15 is 0 Å². The second kappa shape index (κ2) is 12.2. The van der Waals surface area contributed by atoms with E-state index in [1.54, 1.807) is 32.9 Å². The first-order chi connectivity index (χ1) is 18.9. The standard InChI is InChI=1S/C17H27NO5S.C11H18N2O3S/c1-5-12-10-17(12,11-14(19)23-16(2,3)4)15(20)18-24(21,22)13-8-6-7-9-13;1-2-8-7-11(8,12)10(14)13-17(15,16)9-5-3-4-6-9/h5,12-13H,1,6-11H2,2-4H3,(H,18,20);2,8-9H,1,3-7,12H2,(H,13,14)/t12-,17-;8-,11-/m11/s1. The Morgan fingerprint density at radius 1 is 0.829 bits per heavy atom. The SMILES string of the molecule is C=C[C@@H]1C[C@]1(CC(=O)OC(C)(C)C)C(=O)NS(=O)(=O)C1CCCC1.C=C[C@@H]1C[C@]1(N)C(=O)NS(=O)(=O)C1CCCC1. The van der Waals surface area contributed by atoms with Crippen LogP contribution in [-0.2, 0) is 39.2 Å². The zero-order chi connectivity index (χ0) is 30.9. The van der Waals surface area contributed by atoms with Crippen molar-refractivity contribution >= 4 is 37.8 Å². The van der Waals surface area contributed by atoms with Gasteiger partial charge in [-0.15, -0.1) is 13.2 Å². The molecule has 0 unspecified atom stereocenters. The van der Waals surface area contributed by atoms with Crippen LogP contribution in [-0.4, -0.2) is 56.3 Å². The second-order valence-electron chi connectivity index (χ2n) is 12.8. The number of carbonyl (C=O) groups is 3. The fourth-order valence-electron chi connectivity index (χ4n) is 5.70. The maximum Gasteiger partial charge on any atom is 0.307 e. The van der Waals surface area contributed by atoms with Gasteiger partial charge in [0, 0.05) is 5.92 Å². The number of ether oxygens (including phenoxy) is 1. The summed E-state index contributed by atoms with van der Waals surface area (Å²) in [7, 11) is -7.24. The highest BCUT2D eigenvalue weighted by molar-refractivity contribution is 7.91. The third kappa shape index (κ3) is 7.98. The van der Waals surface area contributed by atoms with E-state index in [9.17, 15) is 31.2 Å². The largest absolute Gasteiger partial charge is 0.460 e. The second-order valence-corrected chi connectivity index (χ2v) is 16.7. The molecule has 0 radical (unpaired) electrons. The van der Waals surface area contributed by atoms with Gasteiger partial charge in [-0.3, -0.25) is 23.8 Å². The number of amides is 2. The van der Waals surface area contributed by atoms with Crippen molar-refractivity contribution in [2.45, 2.75) is 113 Å². The lowest BCUT2D eigenvalue weighted by atomic mass is 9.98. The summed E-state index contributed by atoms with van der Waals surface area (Å²) in [4.78, 5) is 36.5. The third-order valence-corrected chi connectivity index (χ3v) is 12.1. The summed E-state index contributed by atoms with van der Waals surface area (Å²) in [5.41, 5.74) is 3.05. The van der Waals surface area contributed by atoms with E-state index in [4.69, 9.17) is 10.5 Å². The summed E-state index contributed by atoms with van der Waals surface area (Å²) in [5.74, 6) is -2.01. The number of allylic oxidation sites excluding steroid dienone is 1. The van der Waals surface area contributed by atoms with Gasteiger partial charge in [0.1, 0.15) is 11.1 Å². The minimum Gasteiger partial charge on any atom is -0.460 e. The van der Waals surface area contributed by atoms with Gasteiger partial charge in [-0.05, 0) is 65.2 Å². The molecule has 11 nitrogen and oxygen atoms in total. The van der Waals surface area contributed by atoms with E-state index in [1.807, 2.05) is 0 Å². The van der Waals surface area contributed by atoms with E-state index in [0.29, 0.717) is 38.5 Å². The van der Waals surface area contributed by atoms with Gasteiger partial charge >= 0.3 is 5.97 Å². The van der Waals surface area contributed by atoms with Gasteiger partial charge in [0.15, 0.2) is 0 Å². The number of nitrogens with one attached hydrogen (secondary N) is 2. The highest BCUT2D eigenvalue weighted by Gasteiger charge is 2.61. The smallest absolute Gasteiger partial charge is 0.307 e. The number of carbonyl (C=O) groups excluding carboxylic acids is 3. The maximum atomic E-state index is 12.6. The monoisotopic (exact) mass is 615 g/mol. The summed E-state index contributed by atoms with van der Waals surface area (Å²) in [6.45, 7) is 12.5. The maximum absolute atomic E-state index is 12.6. The molecule has 4 saturated carbocycles. The van der Waals surface area contributed by atoms with Gasteiger partial charge < -0.3 is 10.5 Å². The molecule has 0 aromatic rings. The zero-order valence-corrected chi connectivity index (χ0v) is 25.9. The minimum atomic E-state index is -3.69. The van der Waals surface area contributed by atoms with E-state index < -0.39 is 64.9 Å². The molecule has 0 aromatic heterocycles. The molecule has 4 rings (SSSR count). The molecule has 0 aliphatic heterocycles. The molecule has 4 aliphatic rings. The Labute approximate surface area is 244 Å². The molecule has 0 bridgehead atoms. The van der Waals surface area contributed by atoms with Crippen LogP contribution >= 0.6 is 0 Å². The van der Waals surface area contributed by atoms with Gasteiger partial charge in [-0.2, -0.15) is 0 Å². The number of rotatable bonds is 10. The van der Waals surface area contributed by atoms with Crippen molar-refractivity contribution in [3.63, 3.8) is 0 Å². The van der Waals surface area contributed by atoms with E-state index in [0.717, 1.165) is 25.7 Å². The molecular weight excluding hydrogens is 570 g/mol. The number of nitrogens with two attached hydrogens (primary N) is 1. The Kier molecular flexibility index (Phi) is 9.86. The lowest BCUT2D eigenvalue weighted by Crippen LogP contribution is -2.48. The van der Waals surface area contributed by atoms with Crippen LogP contribution in [0, 0.1) is 17.3 Å². The molecular formula is C28H45N3O8S2. The lowest BCUT2D eigenvalue weighted by Gasteiger charge is -2.22. The first kappa shape index (κ1) is 33.3. The molecule has 0 spiro atoms. The van der Waals surface area contributed by atoms with E-state index in [2.05, 4.69) is 22.6 Å². The topological polar surface area (TPSA) is 179 Å². The Bertz CT molecular complexity index is 1260. The van der Waals surface area contributed by atoms with E-state index in [-0.39, 0.29) is 18.3 Å². The first-order valence-corrected chi connectivity index (χ1v) is 17.4. The Morgan fingerprint density at radius 2 is 1.27 bits per heavy atom. The molecule has 0 saturated heterocycles. The average molecular weight is 616 g/mol. The van der Waals surface area contributed by atoms with Crippen LogP contribution in [0.3, 0.4) is 0 Å². The molecule has 4 aliphatic carbocycles. The molecule has 0 aromatic carbocycles. The Balaban J connectivity index is 0.000000239. The fraction of sp³-hybridized carbons (Fsp3) is 0.750. The van der Waals surface area contributed by atoms with Crippen LogP contribution in [0.2, 0.25) is 0 Å². The van der Waals surface area contributed by atoms with Crippen molar-refractivity contribution in [2.24, 2.45) is 23.0 Å². The van der Waals surface area contributed by atoms with Crippen LogP contribution in [0.1, 0.15) is 91.4 Å². The zero-order valence-electron chi connectivity index (χ0n) is 24.3. The van der Waals surface area contributed by atoms with Gasteiger partial charge in [-0.1, -0.05) is 37.8 Å². The number of esters is 1. The van der Waals surface area contributed by atoms with Crippen molar-refractivity contribution in [1.29, 1.82) is 0 Å². The summed E-state index contributed by atoms with van der Waals surface area (Å²) >= 11 is 0. The summed E-state index contributed by atoms with van der Waals surface area (Å²) in [6.07, 6.45) is 9.91. The van der Waals surface area contributed by atoms with Crippen molar-refractivity contribution in [1.82, 2.24) is 9.44 Å². The number of hydrogen-bond donors (Lipinski definition) is 3. The van der Waals surface area contributed by atoms with Gasteiger partial charge in [0.05, 0.1) is 22.3 Å². The molecule has 232 valence electrons. The predicted molar refractivity (Wildman–Crippen MR) is 155 cm³/mol. The highest BCUT2D eigenvalue weighted by Crippen LogP contribution is 2.56.